The highest BCUT2D eigenvalue weighted by Gasteiger charge is 2.28. The van der Waals surface area contributed by atoms with Gasteiger partial charge >= 0.3 is 0 Å². The summed E-state index contributed by atoms with van der Waals surface area (Å²) in [5.74, 6) is 2.31. The molecule has 0 aliphatic carbocycles. The third-order valence-electron chi connectivity index (χ3n) is 5.87. The second-order valence-electron chi connectivity index (χ2n) is 7.90. The molecule has 0 N–H and O–H groups in total. The number of carbonyl (C=O) groups excluding carboxylic acids is 1. The normalized spacial score (nSPS) is 18.3. The van der Waals surface area contributed by atoms with E-state index in [1.807, 2.05) is 25.1 Å². The molecular formula is C21H30N6O2. The first-order valence-corrected chi connectivity index (χ1v) is 10.5. The van der Waals surface area contributed by atoms with Gasteiger partial charge in [-0.1, -0.05) is 6.92 Å². The van der Waals surface area contributed by atoms with E-state index in [1.54, 1.807) is 4.68 Å². The van der Waals surface area contributed by atoms with Crippen LogP contribution in [0.3, 0.4) is 0 Å². The Morgan fingerprint density at radius 2 is 1.90 bits per heavy atom. The minimum absolute atomic E-state index is 0.0753. The minimum Gasteiger partial charge on any atom is -0.378 e. The predicted octanol–water partition coefficient (Wildman–Crippen LogP) is 1.94. The third-order valence-corrected chi connectivity index (χ3v) is 5.87. The Morgan fingerprint density at radius 1 is 1.17 bits per heavy atom. The summed E-state index contributed by atoms with van der Waals surface area (Å²) in [6, 6.07) is 2.11. The molecule has 2 aromatic rings. The molecule has 8 heteroatoms. The Kier molecular flexibility index (Phi) is 5.80. The van der Waals surface area contributed by atoms with Crippen LogP contribution in [0.5, 0.6) is 0 Å². The number of likely N-dealkylation sites (tertiary alicyclic amines) is 1. The molecule has 2 saturated heterocycles. The lowest BCUT2D eigenvalue weighted by atomic mass is 9.95. The number of carbonyl (C=O) groups is 1. The van der Waals surface area contributed by atoms with Gasteiger partial charge in [0.1, 0.15) is 11.6 Å². The van der Waals surface area contributed by atoms with Crippen LogP contribution in [0.25, 0.3) is 0 Å². The van der Waals surface area contributed by atoms with E-state index in [2.05, 4.69) is 23.0 Å². The van der Waals surface area contributed by atoms with E-state index in [0.717, 1.165) is 81.7 Å². The van der Waals surface area contributed by atoms with Crippen molar-refractivity contribution in [1.29, 1.82) is 0 Å². The average Bonchev–Trinajstić information content (AvgIpc) is 3.11. The summed E-state index contributed by atoms with van der Waals surface area (Å²) >= 11 is 0. The van der Waals surface area contributed by atoms with Crippen LogP contribution >= 0.6 is 0 Å². The van der Waals surface area contributed by atoms with Gasteiger partial charge in [-0.2, -0.15) is 5.10 Å². The molecule has 4 rings (SSSR count). The van der Waals surface area contributed by atoms with Gasteiger partial charge in [0.15, 0.2) is 0 Å². The maximum Gasteiger partial charge on any atom is 0.257 e. The molecule has 0 aromatic carbocycles. The number of nitrogens with zero attached hydrogens (tertiary/aromatic N) is 6. The van der Waals surface area contributed by atoms with Crippen LogP contribution in [0.1, 0.15) is 53.3 Å². The number of anilines is 1. The molecule has 4 heterocycles. The van der Waals surface area contributed by atoms with E-state index < -0.39 is 0 Å². The maximum atomic E-state index is 12.9. The number of hydrogen-bond donors (Lipinski definition) is 0. The van der Waals surface area contributed by atoms with E-state index in [1.165, 1.54) is 0 Å². The molecule has 8 nitrogen and oxygen atoms in total. The Labute approximate surface area is 171 Å². The van der Waals surface area contributed by atoms with Crippen molar-refractivity contribution in [3.63, 3.8) is 0 Å². The number of rotatable bonds is 4. The van der Waals surface area contributed by atoms with Crippen LogP contribution in [0.4, 0.5) is 5.82 Å². The lowest BCUT2D eigenvalue weighted by Gasteiger charge is -2.32. The Bertz CT molecular complexity index is 866. The smallest absolute Gasteiger partial charge is 0.257 e. The summed E-state index contributed by atoms with van der Waals surface area (Å²) in [7, 11) is 1.85. The van der Waals surface area contributed by atoms with Gasteiger partial charge in [0, 0.05) is 57.1 Å². The lowest BCUT2D eigenvalue weighted by molar-refractivity contribution is 0.0710. The fourth-order valence-corrected chi connectivity index (χ4v) is 4.14. The van der Waals surface area contributed by atoms with Gasteiger partial charge in [-0.25, -0.2) is 9.97 Å². The van der Waals surface area contributed by atoms with Crippen molar-refractivity contribution < 1.29 is 9.53 Å². The molecule has 2 aliphatic rings. The molecule has 1 amide bonds. The van der Waals surface area contributed by atoms with Gasteiger partial charge in [0.05, 0.1) is 24.5 Å². The molecule has 156 valence electrons. The van der Waals surface area contributed by atoms with E-state index in [-0.39, 0.29) is 5.91 Å². The topological polar surface area (TPSA) is 76.4 Å². The van der Waals surface area contributed by atoms with Crippen molar-refractivity contribution >= 4 is 11.7 Å². The number of hydrogen-bond acceptors (Lipinski definition) is 6. The highest BCUT2D eigenvalue weighted by atomic mass is 16.5. The summed E-state index contributed by atoms with van der Waals surface area (Å²) in [4.78, 5) is 26.8. The predicted molar refractivity (Wildman–Crippen MR) is 110 cm³/mol. The SMILES string of the molecule is CCc1cc(N2CCOCC2)nc(C2CCN(C(=O)c3cn(C)nc3C)CC2)n1. The zero-order valence-electron chi connectivity index (χ0n) is 17.6. The van der Waals surface area contributed by atoms with Crippen LogP contribution in [0, 0.1) is 6.92 Å². The second-order valence-corrected chi connectivity index (χ2v) is 7.90. The van der Waals surface area contributed by atoms with Crippen molar-refractivity contribution in [3.8, 4) is 0 Å². The third kappa shape index (κ3) is 4.27. The van der Waals surface area contributed by atoms with Gasteiger partial charge in [-0.3, -0.25) is 9.48 Å². The van der Waals surface area contributed by atoms with Crippen molar-refractivity contribution in [2.24, 2.45) is 7.05 Å². The Morgan fingerprint density at radius 3 is 2.52 bits per heavy atom. The summed E-state index contributed by atoms with van der Waals surface area (Å²) < 4.78 is 7.18. The summed E-state index contributed by atoms with van der Waals surface area (Å²) in [5.41, 5.74) is 2.57. The highest BCUT2D eigenvalue weighted by molar-refractivity contribution is 5.95. The molecule has 0 saturated carbocycles. The molecular weight excluding hydrogens is 368 g/mol. The number of piperidine rings is 1. The minimum atomic E-state index is 0.0753. The van der Waals surface area contributed by atoms with Gasteiger partial charge in [-0.15, -0.1) is 0 Å². The Hall–Kier alpha value is -2.48. The van der Waals surface area contributed by atoms with Crippen molar-refractivity contribution in [1.82, 2.24) is 24.6 Å². The van der Waals surface area contributed by atoms with E-state index in [0.29, 0.717) is 11.5 Å². The molecule has 2 aliphatic heterocycles. The van der Waals surface area contributed by atoms with Gasteiger partial charge in [-0.05, 0) is 26.2 Å². The summed E-state index contributed by atoms with van der Waals surface area (Å²) in [6.45, 7) is 8.71. The first kappa shape index (κ1) is 19.8. The van der Waals surface area contributed by atoms with Crippen molar-refractivity contribution in [2.45, 2.75) is 39.0 Å². The number of amides is 1. The Balaban J connectivity index is 1.46. The number of ether oxygens (including phenoxy) is 1. The molecule has 29 heavy (non-hydrogen) atoms. The van der Waals surface area contributed by atoms with Gasteiger partial charge < -0.3 is 14.5 Å². The molecule has 2 aromatic heterocycles. The first-order chi connectivity index (χ1) is 14.0. The molecule has 0 spiro atoms. The van der Waals surface area contributed by atoms with Gasteiger partial charge in [0.25, 0.3) is 5.91 Å². The highest BCUT2D eigenvalue weighted by Crippen LogP contribution is 2.28. The number of aromatic nitrogens is 4. The number of morpholine rings is 1. The van der Waals surface area contributed by atoms with Crippen molar-refractivity contribution in [3.05, 3.63) is 35.0 Å². The zero-order chi connectivity index (χ0) is 20.4. The monoisotopic (exact) mass is 398 g/mol. The average molecular weight is 399 g/mol. The van der Waals surface area contributed by atoms with Crippen LogP contribution in [0.15, 0.2) is 12.3 Å². The van der Waals surface area contributed by atoms with E-state index in [4.69, 9.17) is 14.7 Å². The molecule has 0 unspecified atom stereocenters. The van der Waals surface area contributed by atoms with Crippen LogP contribution in [-0.2, 0) is 18.2 Å². The summed E-state index contributed by atoms with van der Waals surface area (Å²) in [6.07, 6.45) is 4.48. The quantitative estimate of drug-likeness (QED) is 0.783. The van der Waals surface area contributed by atoms with E-state index in [9.17, 15) is 4.79 Å². The van der Waals surface area contributed by atoms with Crippen molar-refractivity contribution in [2.75, 3.05) is 44.3 Å². The molecule has 2 fully saturated rings. The molecule has 0 radical (unpaired) electrons. The molecule has 0 bridgehead atoms. The number of aryl methyl sites for hydroxylation is 3. The fraction of sp³-hybridized carbons (Fsp3) is 0.619. The van der Waals surface area contributed by atoms with Crippen LogP contribution in [-0.4, -0.2) is 69.9 Å². The lowest BCUT2D eigenvalue weighted by Crippen LogP contribution is -2.39. The largest absolute Gasteiger partial charge is 0.378 e. The fourth-order valence-electron chi connectivity index (χ4n) is 4.14. The van der Waals surface area contributed by atoms with Gasteiger partial charge in [0.2, 0.25) is 0 Å². The van der Waals surface area contributed by atoms with E-state index >= 15 is 0 Å². The zero-order valence-corrected chi connectivity index (χ0v) is 17.6. The standard InChI is InChI=1S/C21H30N6O2/c1-4-17-13-19(26-9-11-29-12-10-26)23-20(22-17)16-5-7-27(8-6-16)21(28)18-14-25(3)24-15(18)2/h13-14,16H,4-12H2,1-3H3. The van der Waals surface area contributed by atoms with Crippen LogP contribution in [0.2, 0.25) is 0 Å². The van der Waals surface area contributed by atoms with Crippen LogP contribution < -0.4 is 4.90 Å². The first-order valence-electron chi connectivity index (χ1n) is 10.5. The summed E-state index contributed by atoms with van der Waals surface area (Å²) in [5, 5.41) is 4.30. The molecule has 0 atom stereocenters. The maximum absolute atomic E-state index is 12.9. The second kappa shape index (κ2) is 8.49.